The van der Waals surface area contributed by atoms with Crippen LogP contribution in [0.1, 0.15) is 31.1 Å². The SMILES string of the molecule is CC(=O)C=C(C)O.Cc1cc(-c2ccccn2)[n-]n1.Cc1cc(-c2ccccn2)[n-]n1.Cc1n[n-]c(-c2ccccn2)n1.Oc1ccccc1-c1cccc(-c2cccc(-c3ccccc3O)n2)n1.[CH-]=O.[CH-]=O.[Ir].[Ir].[Os].[Pt+2].[Pt].[c-]1ccccc1-c1nccc2ccccc12.[c-]1ccccc1-c1nccc2ccccc12. The first-order chi connectivity index (χ1) is 51.3. The van der Waals surface area contributed by atoms with Gasteiger partial charge in [-0.3, -0.25) is 38.4 Å². The second-order valence-electron chi connectivity index (χ2n) is 22.1. The molecule has 10 heterocycles. The number of para-hydroxylation sites is 2. The molecule has 0 aliphatic rings. The number of allylic oxidation sites excluding steroid dienone is 2. The third-order valence-electron chi connectivity index (χ3n) is 14.4. The Hall–Kier alpha value is -11.1. The number of ketones is 1. The van der Waals surface area contributed by atoms with E-state index < -0.39 is 0 Å². The number of aromatic hydroxyl groups is 2. The molecule has 0 saturated heterocycles. The summed E-state index contributed by atoms with van der Waals surface area (Å²) < 4.78 is 0. The maximum Gasteiger partial charge on any atom is 2.00 e. The number of aliphatic hydroxyl groups is 1. The molecule has 3 N–H and O–H groups in total. The second-order valence-corrected chi connectivity index (χ2v) is 22.1. The van der Waals surface area contributed by atoms with Crippen LogP contribution < -0.4 is 15.3 Å². The maximum atomic E-state index is 10.1. The number of phenols is 2. The zero-order chi connectivity index (χ0) is 74.6. The zero-order valence-electron chi connectivity index (χ0n) is 59.4. The molecule has 0 aliphatic carbocycles. The molecule has 10 aromatic heterocycles. The van der Waals surface area contributed by atoms with E-state index >= 15 is 0 Å². The van der Waals surface area contributed by atoms with Crippen LogP contribution >= 0.6 is 0 Å². The predicted octanol–water partition coefficient (Wildman–Crippen LogP) is 16.4. The molecule has 0 spiro atoms. The summed E-state index contributed by atoms with van der Waals surface area (Å²) in [5.41, 5.74) is 14.2. The Morgan fingerprint density at radius 1 is 0.409 bits per heavy atom. The molecule has 566 valence electrons. The molecule has 0 bridgehead atoms. The van der Waals surface area contributed by atoms with Gasteiger partial charge in [-0.2, -0.15) is 0 Å². The van der Waals surface area contributed by atoms with Gasteiger partial charge >= 0.3 is 21.1 Å². The predicted molar refractivity (Wildman–Crippen MR) is 409 cm³/mol. The Labute approximate surface area is 706 Å². The number of carbonyl (C=O) groups excluding carboxylic acids is 3. The largest absolute Gasteiger partial charge is 2.00 e. The number of nitrogens with zero attached hydrogens (tertiary/aromatic N) is 14. The fraction of sp³-hybridized carbons (Fsp3) is 0.0588. The summed E-state index contributed by atoms with van der Waals surface area (Å²) in [6, 6.07) is 89.3. The van der Waals surface area contributed by atoms with Gasteiger partial charge in [0.05, 0.1) is 34.2 Å². The molecule has 25 heteroatoms. The van der Waals surface area contributed by atoms with Gasteiger partial charge in [-0.1, -0.05) is 127 Å². The van der Waals surface area contributed by atoms with Gasteiger partial charge < -0.3 is 65.4 Å². The average Bonchev–Trinajstić information content (AvgIpc) is 0.948. The number of aliphatic hydroxyl groups excluding tert-OH is 1. The summed E-state index contributed by atoms with van der Waals surface area (Å²) in [4.78, 5) is 60.2. The van der Waals surface area contributed by atoms with Crippen molar-refractivity contribution in [1.29, 1.82) is 0 Å². The Bertz CT molecular complexity index is 4950. The number of hydrogen-bond acceptors (Lipinski definition) is 17. The van der Waals surface area contributed by atoms with Gasteiger partial charge in [0, 0.05) is 158 Å². The van der Waals surface area contributed by atoms with Crippen LogP contribution in [0.2, 0.25) is 0 Å². The smallest absolute Gasteiger partial charge is 0.574 e. The topological polar surface area (TPSA) is 296 Å². The van der Waals surface area contributed by atoms with Crippen LogP contribution in [0.25, 0.3) is 112 Å². The number of carbonyl (C=O) groups is 1. The van der Waals surface area contributed by atoms with Crippen molar-refractivity contribution in [2.24, 2.45) is 0 Å². The number of phenolic OH excluding ortho intramolecular Hbond substituents is 2. The van der Waals surface area contributed by atoms with Crippen molar-refractivity contribution in [1.82, 2.24) is 70.5 Å². The van der Waals surface area contributed by atoms with Crippen molar-refractivity contribution in [3.63, 3.8) is 0 Å². The third-order valence-corrected chi connectivity index (χ3v) is 14.4. The molecule has 6 aromatic carbocycles. The second kappa shape index (κ2) is 50.5. The van der Waals surface area contributed by atoms with E-state index in [4.69, 9.17) is 14.7 Å². The monoisotopic (exact) mass is 2350 g/mol. The van der Waals surface area contributed by atoms with Crippen molar-refractivity contribution in [2.45, 2.75) is 34.6 Å². The quantitative estimate of drug-likeness (QED) is 0.0523. The van der Waals surface area contributed by atoms with Crippen LogP contribution in [0.4, 0.5) is 0 Å². The summed E-state index contributed by atoms with van der Waals surface area (Å²) in [6.07, 6.45) is 10.1. The molecule has 0 saturated carbocycles. The van der Waals surface area contributed by atoms with Gasteiger partial charge in [-0.25, -0.2) is 9.97 Å². The van der Waals surface area contributed by atoms with Gasteiger partial charge in [0.2, 0.25) is 0 Å². The fourth-order valence-electron chi connectivity index (χ4n) is 9.86. The number of hydrogen-bond donors (Lipinski definition) is 3. The summed E-state index contributed by atoms with van der Waals surface area (Å²) >= 11 is 0. The van der Waals surface area contributed by atoms with E-state index in [-0.39, 0.29) is 125 Å². The maximum absolute atomic E-state index is 10.1. The molecule has 0 fully saturated rings. The van der Waals surface area contributed by atoms with Gasteiger partial charge in [-0.05, 0) is 170 Å². The third kappa shape index (κ3) is 28.8. The van der Waals surface area contributed by atoms with Crippen LogP contribution in [0.5, 0.6) is 11.5 Å². The molecule has 0 atom stereocenters. The standard InChI is InChI=1S/C22H16N2O2.2C15H10N.2C9H8N3.C8H7N4.C5H8O2.2CHO.2Ir.Os.2Pt/c25-21-13-3-1-7-15(21)17-9-5-11-19(23-17)20-12-6-10-18(24-20)16-8-2-4-14-22(16)26;2*1-2-7-13(8-3-1)15-14-9-5-4-6-12(14)10-11-16-15;2*1-7-6-9(12-11-7)8-4-2-3-5-10-8;1-6-10-8(12-11-6)7-4-2-3-5-9-7;1-4(6)3-5(2)7;2*1-2;;;;;/h1-14,25-26H;2*1-7,9-11H;2*2-6H,1H3;2-5H,1H3;3,6H,1-2H3;2*1H;;;;;/q;5*-1;;2*-1;;;;;+2. The van der Waals surface area contributed by atoms with Gasteiger partial charge in [0.15, 0.2) is 5.78 Å². The summed E-state index contributed by atoms with van der Waals surface area (Å²) in [5.74, 6) is 1.58. The normalized spacial score (nSPS) is 9.66. The number of aryl methyl sites for hydroxylation is 3. The average molecular weight is 2350 g/mol. The van der Waals surface area contributed by atoms with Crippen molar-refractivity contribution in [3.8, 4) is 102 Å². The molecule has 110 heavy (non-hydrogen) atoms. The van der Waals surface area contributed by atoms with Crippen molar-refractivity contribution in [2.75, 3.05) is 0 Å². The van der Waals surface area contributed by atoms with Crippen LogP contribution in [-0.2, 0) is 117 Å². The van der Waals surface area contributed by atoms with Crippen LogP contribution in [-0.4, -0.2) is 89.8 Å². The minimum Gasteiger partial charge on any atom is -0.574 e. The molecule has 0 unspecified atom stereocenters. The van der Waals surface area contributed by atoms with Gasteiger partial charge in [0.1, 0.15) is 11.5 Å². The molecule has 16 rings (SSSR count). The summed E-state index contributed by atoms with van der Waals surface area (Å²) in [6.45, 7) is 15.0. The van der Waals surface area contributed by atoms with Gasteiger partial charge in [0.25, 0.3) is 0 Å². The van der Waals surface area contributed by atoms with E-state index in [2.05, 4.69) is 120 Å². The van der Waals surface area contributed by atoms with Crippen molar-refractivity contribution < 1.29 is 132 Å². The molecule has 2 radical (unpaired) electrons. The van der Waals surface area contributed by atoms with Crippen LogP contribution in [0, 0.1) is 32.9 Å². The van der Waals surface area contributed by atoms with Crippen molar-refractivity contribution >= 4 is 40.9 Å². The number of pyridine rings is 7. The van der Waals surface area contributed by atoms with E-state index in [1.165, 1.54) is 41.5 Å². The molecule has 0 amide bonds. The zero-order valence-corrected chi connectivity index (χ0v) is 71.3. The first-order valence-electron chi connectivity index (χ1n) is 32.3. The summed E-state index contributed by atoms with van der Waals surface area (Å²) in [7, 11) is 0. The molecular formula is C85H69Ir2N14O6OsPt2-5. The van der Waals surface area contributed by atoms with Crippen molar-refractivity contribution in [3.05, 3.63) is 333 Å². The number of aromatic nitrogens is 14. The first kappa shape index (κ1) is 93.1. The van der Waals surface area contributed by atoms with Crippen LogP contribution in [0.15, 0.2) is 304 Å². The number of benzene rings is 6. The Morgan fingerprint density at radius 3 is 1.12 bits per heavy atom. The Kier molecular flexibility index (Phi) is 42.8. The molecular weight excluding hydrogens is 2280 g/mol. The molecule has 20 nitrogen and oxygen atoms in total. The number of rotatable bonds is 9. The van der Waals surface area contributed by atoms with E-state index in [9.17, 15) is 15.0 Å². The van der Waals surface area contributed by atoms with E-state index in [1.54, 1.807) is 49.8 Å². The first-order valence-corrected chi connectivity index (χ1v) is 32.3. The van der Waals surface area contributed by atoms with E-state index in [1.807, 2.05) is 239 Å². The van der Waals surface area contributed by atoms with Gasteiger partial charge in [-0.15, -0.1) is 71.8 Å². The minimum atomic E-state index is -0.125. The van der Waals surface area contributed by atoms with E-state index in [0.717, 1.165) is 62.4 Å². The Balaban J connectivity index is 0.000000337. The minimum absolute atomic E-state index is 0. The van der Waals surface area contributed by atoms with E-state index in [0.29, 0.717) is 45.6 Å². The van der Waals surface area contributed by atoms with Crippen LogP contribution in [0.3, 0.4) is 0 Å². The summed E-state index contributed by atoms with van der Waals surface area (Å²) in [5, 5.41) is 56.7. The Morgan fingerprint density at radius 2 is 0.782 bits per heavy atom. The number of fused-ring (bicyclic) bond motifs is 2. The fourth-order valence-corrected chi connectivity index (χ4v) is 9.86. The molecule has 0 aliphatic heterocycles. The molecule has 16 aromatic rings.